The van der Waals surface area contributed by atoms with E-state index in [1.807, 2.05) is 32.0 Å². The molecule has 0 aliphatic carbocycles. The number of ether oxygens (including phenoxy) is 1. The van der Waals surface area contributed by atoms with Gasteiger partial charge in [0.2, 0.25) is 5.91 Å². The van der Waals surface area contributed by atoms with Crippen LogP contribution in [0, 0.1) is 24.0 Å². The molecular formula is C20H23N3O4. The summed E-state index contributed by atoms with van der Waals surface area (Å²) in [5.41, 5.74) is 6.50. The van der Waals surface area contributed by atoms with Crippen molar-refractivity contribution in [1.29, 1.82) is 0 Å². The molecule has 0 saturated heterocycles. The van der Waals surface area contributed by atoms with Gasteiger partial charge in [-0.3, -0.25) is 14.9 Å². The summed E-state index contributed by atoms with van der Waals surface area (Å²) in [5, 5.41) is 15.3. The maximum Gasteiger partial charge on any atom is 0.311 e. The molecule has 0 heterocycles. The minimum Gasteiger partial charge on any atom is -0.487 e. The molecule has 0 fully saturated rings. The van der Waals surface area contributed by atoms with E-state index in [2.05, 4.69) is 10.5 Å². The number of rotatable bonds is 7. The summed E-state index contributed by atoms with van der Waals surface area (Å²) in [6, 6.07) is 10.5. The molecule has 7 nitrogen and oxygen atoms in total. The van der Waals surface area contributed by atoms with Crippen molar-refractivity contribution in [2.45, 2.75) is 34.1 Å². The lowest BCUT2D eigenvalue weighted by molar-refractivity contribution is -0.385. The van der Waals surface area contributed by atoms with Crippen molar-refractivity contribution >= 4 is 17.3 Å². The molecule has 2 aromatic carbocycles. The first kappa shape index (κ1) is 20.1. The number of nitro groups is 1. The first-order valence-corrected chi connectivity index (χ1v) is 8.62. The van der Waals surface area contributed by atoms with Gasteiger partial charge in [-0.15, -0.1) is 0 Å². The van der Waals surface area contributed by atoms with Crippen LogP contribution in [0.1, 0.15) is 36.1 Å². The van der Waals surface area contributed by atoms with Gasteiger partial charge in [-0.2, -0.15) is 5.10 Å². The third-order valence-corrected chi connectivity index (χ3v) is 4.07. The van der Waals surface area contributed by atoms with Gasteiger partial charge in [0.25, 0.3) is 0 Å². The molecule has 142 valence electrons. The molecule has 2 rings (SSSR count). The van der Waals surface area contributed by atoms with Gasteiger partial charge in [0.15, 0.2) is 5.75 Å². The number of hydrazone groups is 1. The maximum absolute atomic E-state index is 12.2. The van der Waals surface area contributed by atoms with E-state index in [1.165, 1.54) is 12.1 Å². The third-order valence-electron chi connectivity index (χ3n) is 4.07. The molecule has 0 unspecified atom stereocenters. The number of hydrogen-bond acceptors (Lipinski definition) is 5. The van der Waals surface area contributed by atoms with Gasteiger partial charge in [-0.05, 0) is 51.0 Å². The normalized spacial score (nSPS) is 11.2. The van der Waals surface area contributed by atoms with Crippen molar-refractivity contribution in [3.63, 3.8) is 0 Å². The lowest BCUT2D eigenvalue weighted by atomic mass is 10.0. The average Bonchev–Trinajstić information content (AvgIpc) is 2.62. The summed E-state index contributed by atoms with van der Waals surface area (Å²) in [7, 11) is 0. The zero-order valence-electron chi connectivity index (χ0n) is 15.9. The molecule has 0 spiro atoms. The van der Waals surface area contributed by atoms with Gasteiger partial charge in [0, 0.05) is 11.6 Å². The van der Waals surface area contributed by atoms with Crippen LogP contribution in [0.25, 0.3) is 0 Å². The van der Waals surface area contributed by atoms with E-state index in [-0.39, 0.29) is 23.8 Å². The minimum atomic E-state index is -0.499. The molecule has 0 aromatic heterocycles. The van der Waals surface area contributed by atoms with Crippen molar-refractivity contribution in [3.05, 3.63) is 68.8 Å². The molecular weight excluding hydrogens is 346 g/mol. The summed E-state index contributed by atoms with van der Waals surface area (Å²) >= 11 is 0. The Morgan fingerprint density at radius 3 is 2.59 bits per heavy atom. The first-order chi connectivity index (χ1) is 12.8. The SMILES string of the molecule is CCOc1ccc(/C(C)=N\NC(=O)Cc2ccc(C)cc2C)cc1[N+](=O)[O-]. The summed E-state index contributed by atoms with van der Waals surface area (Å²) < 4.78 is 5.27. The fraction of sp³-hybridized carbons (Fsp3) is 0.300. The zero-order valence-corrected chi connectivity index (χ0v) is 15.9. The van der Waals surface area contributed by atoms with Crippen LogP contribution in [0.2, 0.25) is 0 Å². The molecule has 0 saturated carbocycles. The topological polar surface area (TPSA) is 93.8 Å². The van der Waals surface area contributed by atoms with Gasteiger partial charge in [-0.25, -0.2) is 5.43 Å². The van der Waals surface area contributed by atoms with Crippen molar-refractivity contribution in [2.75, 3.05) is 6.61 Å². The van der Waals surface area contributed by atoms with E-state index < -0.39 is 4.92 Å². The van der Waals surface area contributed by atoms with Crippen LogP contribution in [-0.4, -0.2) is 23.1 Å². The molecule has 0 radical (unpaired) electrons. The smallest absolute Gasteiger partial charge is 0.311 e. The Morgan fingerprint density at radius 2 is 1.96 bits per heavy atom. The predicted molar refractivity (Wildman–Crippen MR) is 104 cm³/mol. The highest BCUT2D eigenvalue weighted by Crippen LogP contribution is 2.28. The van der Waals surface area contributed by atoms with E-state index in [0.29, 0.717) is 17.9 Å². The molecule has 0 aliphatic rings. The first-order valence-electron chi connectivity index (χ1n) is 8.62. The Bertz CT molecular complexity index is 891. The monoisotopic (exact) mass is 369 g/mol. The Morgan fingerprint density at radius 1 is 1.22 bits per heavy atom. The number of amides is 1. The molecule has 2 aromatic rings. The molecule has 0 aliphatic heterocycles. The summed E-state index contributed by atoms with van der Waals surface area (Å²) in [6.07, 6.45) is 0.215. The second-order valence-corrected chi connectivity index (χ2v) is 6.21. The van der Waals surface area contributed by atoms with Crippen LogP contribution in [0.15, 0.2) is 41.5 Å². The van der Waals surface area contributed by atoms with Crippen LogP contribution in [0.5, 0.6) is 5.75 Å². The molecule has 1 amide bonds. The molecule has 27 heavy (non-hydrogen) atoms. The van der Waals surface area contributed by atoms with Gasteiger partial charge in [-0.1, -0.05) is 23.8 Å². The van der Waals surface area contributed by atoms with Crippen LogP contribution in [0.3, 0.4) is 0 Å². The lowest BCUT2D eigenvalue weighted by Gasteiger charge is -2.08. The van der Waals surface area contributed by atoms with Crippen LogP contribution < -0.4 is 10.2 Å². The number of nitrogens with one attached hydrogen (secondary N) is 1. The molecule has 7 heteroatoms. The predicted octanol–water partition coefficient (Wildman–Crippen LogP) is 3.69. The largest absolute Gasteiger partial charge is 0.487 e. The van der Waals surface area contributed by atoms with Crippen molar-refractivity contribution in [2.24, 2.45) is 5.10 Å². The van der Waals surface area contributed by atoms with Crippen LogP contribution in [-0.2, 0) is 11.2 Å². The highest BCUT2D eigenvalue weighted by atomic mass is 16.6. The molecule has 1 N–H and O–H groups in total. The highest BCUT2D eigenvalue weighted by Gasteiger charge is 2.16. The quantitative estimate of drug-likeness (QED) is 0.457. The van der Waals surface area contributed by atoms with Gasteiger partial charge >= 0.3 is 5.69 Å². The van der Waals surface area contributed by atoms with Gasteiger partial charge < -0.3 is 4.74 Å². The van der Waals surface area contributed by atoms with Crippen molar-refractivity contribution in [1.82, 2.24) is 5.43 Å². The summed E-state index contributed by atoms with van der Waals surface area (Å²) in [4.78, 5) is 22.9. The van der Waals surface area contributed by atoms with E-state index in [9.17, 15) is 14.9 Å². The summed E-state index contributed by atoms with van der Waals surface area (Å²) in [5.74, 6) is -0.0420. The van der Waals surface area contributed by atoms with Gasteiger partial charge in [0.1, 0.15) is 0 Å². The number of aryl methyl sites for hydroxylation is 2. The van der Waals surface area contributed by atoms with Gasteiger partial charge in [0.05, 0.1) is 23.7 Å². The van der Waals surface area contributed by atoms with E-state index in [0.717, 1.165) is 16.7 Å². The maximum atomic E-state index is 12.2. The number of hydrogen-bond donors (Lipinski definition) is 1. The molecule has 0 atom stereocenters. The van der Waals surface area contributed by atoms with E-state index >= 15 is 0 Å². The number of carbonyl (C=O) groups excluding carboxylic acids is 1. The number of carbonyl (C=O) groups is 1. The van der Waals surface area contributed by atoms with Crippen molar-refractivity contribution < 1.29 is 14.5 Å². The highest BCUT2D eigenvalue weighted by molar-refractivity contribution is 6.00. The van der Waals surface area contributed by atoms with Crippen LogP contribution >= 0.6 is 0 Å². The second-order valence-electron chi connectivity index (χ2n) is 6.21. The number of nitro benzene ring substituents is 1. The fourth-order valence-corrected chi connectivity index (χ4v) is 2.63. The van der Waals surface area contributed by atoms with Crippen LogP contribution in [0.4, 0.5) is 5.69 Å². The molecule has 0 bridgehead atoms. The number of nitrogens with zero attached hydrogens (tertiary/aromatic N) is 2. The van der Waals surface area contributed by atoms with E-state index in [1.54, 1.807) is 19.9 Å². The minimum absolute atomic E-state index is 0.134. The third kappa shape index (κ3) is 5.37. The fourth-order valence-electron chi connectivity index (χ4n) is 2.63. The zero-order chi connectivity index (χ0) is 20.0. The Labute approximate surface area is 158 Å². The Kier molecular flexibility index (Phi) is 6.65. The second kappa shape index (κ2) is 8.93. The summed E-state index contributed by atoms with van der Waals surface area (Å²) in [6.45, 7) is 7.73. The Hall–Kier alpha value is -3.22. The average molecular weight is 369 g/mol. The lowest BCUT2D eigenvalue weighted by Crippen LogP contribution is -2.21. The van der Waals surface area contributed by atoms with Crippen molar-refractivity contribution in [3.8, 4) is 5.75 Å². The van der Waals surface area contributed by atoms with E-state index in [4.69, 9.17) is 4.74 Å². The number of benzene rings is 2. The Balaban J connectivity index is 2.11. The standard InChI is InChI=1S/C20H23N3O4/c1-5-27-19-9-8-17(11-18(19)23(25)26)15(4)21-22-20(24)12-16-7-6-13(2)10-14(16)3/h6-11H,5,12H2,1-4H3,(H,22,24)/b21-15-.